The van der Waals surface area contributed by atoms with Crippen LogP contribution in [-0.2, 0) is 16.0 Å². The summed E-state index contributed by atoms with van der Waals surface area (Å²) in [6, 6.07) is 7.26. The van der Waals surface area contributed by atoms with E-state index in [4.69, 9.17) is 5.11 Å². The van der Waals surface area contributed by atoms with E-state index in [2.05, 4.69) is 10.6 Å². The second-order valence-electron chi connectivity index (χ2n) is 5.81. The molecule has 5 nitrogen and oxygen atoms in total. The monoisotopic (exact) mass is 290 g/mol. The minimum atomic E-state index is -0.112. The van der Waals surface area contributed by atoms with Gasteiger partial charge in [0.1, 0.15) is 0 Å². The molecule has 0 atom stereocenters. The van der Waals surface area contributed by atoms with Crippen LogP contribution in [-0.4, -0.2) is 30.1 Å². The Balaban J connectivity index is 1.78. The van der Waals surface area contributed by atoms with E-state index in [1.807, 2.05) is 12.1 Å². The molecule has 1 aromatic carbocycles. The summed E-state index contributed by atoms with van der Waals surface area (Å²) in [6.07, 6.45) is 3.26. The lowest BCUT2D eigenvalue weighted by atomic mass is 10.0. The summed E-state index contributed by atoms with van der Waals surface area (Å²) in [4.78, 5) is 22.8. The number of aliphatic hydroxyl groups is 1. The summed E-state index contributed by atoms with van der Waals surface area (Å²) in [5, 5.41) is 14.6. The fourth-order valence-electron chi connectivity index (χ4n) is 2.37. The molecule has 0 spiro atoms. The number of anilines is 1. The van der Waals surface area contributed by atoms with Crippen LogP contribution in [0.15, 0.2) is 24.3 Å². The molecule has 1 aromatic rings. The van der Waals surface area contributed by atoms with Crippen molar-refractivity contribution < 1.29 is 14.7 Å². The third-order valence-electron chi connectivity index (χ3n) is 3.90. The van der Waals surface area contributed by atoms with E-state index < -0.39 is 0 Å². The first-order valence-electron chi connectivity index (χ1n) is 7.27. The molecule has 1 aliphatic carbocycles. The summed E-state index contributed by atoms with van der Waals surface area (Å²) in [6.45, 7) is 2.29. The molecule has 0 aromatic heterocycles. The highest BCUT2D eigenvalue weighted by Gasteiger charge is 2.41. The van der Waals surface area contributed by atoms with Crippen LogP contribution in [0.25, 0.3) is 0 Å². The van der Waals surface area contributed by atoms with Gasteiger partial charge in [-0.3, -0.25) is 9.59 Å². The molecule has 21 heavy (non-hydrogen) atoms. The van der Waals surface area contributed by atoms with Gasteiger partial charge in [-0.05, 0) is 42.4 Å². The SMILES string of the molecule is CC(=O)Nc1ccc(CC(=O)NCC2(CCO)CC2)cc1. The van der Waals surface area contributed by atoms with Gasteiger partial charge in [-0.15, -0.1) is 0 Å². The van der Waals surface area contributed by atoms with Crippen LogP contribution in [0.3, 0.4) is 0 Å². The summed E-state index contributed by atoms with van der Waals surface area (Å²) >= 11 is 0. The van der Waals surface area contributed by atoms with E-state index in [1.54, 1.807) is 12.1 Å². The lowest BCUT2D eigenvalue weighted by Crippen LogP contribution is -2.31. The van der Waals surface area contributed by atoms with Crippen molar-refractivity contribution in [1.29, 1.82) is 0 Å². The normalized spacial score (nSPS) is 15.3. The lowest BCUT2D eigenvalue weighted by molar-refractivity contribution is -0.120. The van der Waals surface area contributed by atoms with Crippen LogP contribution < -0.4 is 10.6 Å². The Morgan fingerprint density at radius 2 is 1.90 bits per heavy atom. The van der Waals surface area contributed by atoms with Crippen LogP contribution >= 0.6 is 0 Å². The van der Waals surface area contributed by atoms with Crippen molar-refractivity contribution in [2.24, 2.45) is 5.41 Å². The first-order valence-corrected chi connectivity index (χ1v) is 7.27. The topological polar surface area (TPSA) is 78.4 Å². The summed E-state index contributed by atoms with van der Waals surface area (Å²) < 4.78 is 0. The van der Waals surface area contributed by atoms with E-state index >= 15 is 0 Å². The zero-order valence-electron chi connectivity index (χ0n) is 12.3. The van der Waals surface area contributed by atoms with E-state index in [0.29, 0.717) is 13.0 Å². The molecule has 114 valence electrons. The Kier molecular flexibility index (Phi) is 4.96. The number of aliphatic hydroxyl groups excluding tert-OH is 1. The largest absolute Gasteiger partial charge is 0.396 e. The van der Waals surface area contributed by atoms with Gasteiger partial charge in [0.25, 0.3) is 0 Å². The smallest absolute Gasteiger partial charge is 0.224 e. The molecule has 0 bridgehead atoms. The molecule has 0 unspecified atom stereocenters. The predicted molar refractivity (Wildman–Crippen MR) is 80.8 cm³/mol. The zero-order chi connectivity index (χ0) is 15.3. The third-order valence-corrected chi connectivity index (χ3v) is 3.90. The van der Waals surface area contributed by atoms with Crippen molar-refractivity contribution in [1.82, 2.24) is 5.32 Å². The molecule has 1 fully saturated rings. The number of carbonyl (C=O) groups excluding carboxylic acids is 2. The Morgan fingerprint density at radius 1 is 1.24 bits per heavy atom. The molecular formula is C16H22N2O3. The van der Waals surface area contributed by atoms with Crippen LogP contribution in [0.5, 0.6) is 0 Å². The highest BCUT2D eigenvalue weighted by molar-refractivity contribution is 5.88. The maximum atomic E-state index is 11.9. The van der Waals surface area contributed by atoms with Gasteiger partial charge in [-0.2, -0.15) is 0 Å². The van der Waals surface area contributed by atoms with Gasteiger partial charge in [0.15, 0.2) is 0 Å². The van der Waals surface area contributed by atoms with Crippen molar-refractivity contribution in [2.45, 2.75) is 32.6 Å². The molecular weight excluding hydrogens is 268 g/mol. The third kappa shape index (κ3) is 4.86. The van der Waals surface area contributed by atoms with Crippen molar-refractivity contribution >= 4 is 17.5 Å². The maximum absolute atomic E-state index is 11.9. The average Bonchev–Trinajstić information content (AvgIpc) is 3.19. The van der Waals surface area contributed by atoms with Crippen molar-refractivity contribution in [3.8, 4) is 0 Å². The van der Waals surface area contributed by atoms with E-state index in [1.165, 1.54) is 6.92 Å². The lowest BCUT2D eigenvalue weighted by Gasteiger charge is -2.14. The summed E-state index contributed by atoms with van der Waals surface area (Å²) in [7, 11) is 0. The quantitative estimate of drug-likeness (QED) is 0.711. The number of amides is 2. The molecule has 0 saturated heterocycles. The second-order valence-corrected chi connectivity index (χ2v) is 5.81. The highest BCUT2D eigenvalue weighted by Crippen LogP contribution is 2.47. The predicted octanol–water partition coefficient (Wildman–Crippen LogP) is 1.47. The average molecular weight is 290 g/mol. The van der Waals surface area contributed by atoms with Crippen LogP contribution in [0.4, 0.5) is 5.69 Å². The summed E-state index contributed by atoms with van der Waals surface area (Å²) in [5.74, 6) is -0.120. The van der Waals surface area contributed by atoms with Crippen molar-refractivity contribution in [3.05, 3.63) is 29.8 Å². The van der Waals surface area contributed by atoms with E-state index in [-0.39, 0.29) is 23.8 Å². The molecule has 2 rings (SSSR count). The van der Waals surface area contributed by atoms with Gasteiger partial charge < -0.3 is 15.7 Å². The minimum Gasteiger partial charge on any atom is -0.396 e. The Bertz CT molecular complexity index is 507. The van der Waals surface area contributed by atoms with Gasteiger partial charge >= 0.3 is 0 Å². The minimum absolute atomic E-state index is 0.00788. The fraction of sp³-hybridized carbons (Fsp3) is 0.500. The first kappa shape index (κ1) is 15.5. The van der Waals surface area contributed by atoms with Gasteiger partial charge in [0.05, 0.1) is 6.42 Å². The molecule has 5 heteroatoms. The molecule has 0 aliphatic heterocycles. The molecule has 1 saturated carbocycles. The van der Waals surface area contributed by atoms with Gasteiger partial charge in [0, 0.05) is 25.8 Å². The van der Waals surface area contributed by atoms with Crippen molar-refractivity contribution in [3.63, 3.8) is 0 Å². The molecule has 0 heterocycles. The van der Waals surface area contributed by atoms with E-state index in [9.17, 15) is 9.59 Å². The Labute approximate surface area is 124 Å². The number of rotatable bonds is 7. The number of hydrogen-bond donors (Lipinski definition) is 3. The van der Waals surface area contributed by atoms with Crippen molar-refractivity contribution in [2.75, 3.05) is 18.5 Å². The molecule has 1 aliphatic rings. The molecule has 3 N–H and O–H groups in total. The van der Waals surface area contributed by atoms with Gasteiger partial charge in [-0.1, -0.05) is 12.1 Å². The number of carbonyl (C=O) groups is 2. The standard InChI is InChI=1S/C16H22N2O3/c1-12(20)18-14-4-2-13(3-5-14)10-15(21)17-11-16(6-7-16)8-9-19/h2-5,19H,6-11H2,1H3,(H,17,21)(H,18,20). The molecule has 0 radical (unpaired) electrons. The summed E-state index contributed by atoms with van der Waals surface area (Å²) in [5.41, 5.74) is 1.78. The van der Waals surface area contributed by atoms with Crippen LogP contribution in [0.1, 0.15) is 31.7 Å². The van der Waals surface area contributed by atoms with Gasteiger partial charge in [0.2, 0.25) is 11.8 Å². The van der Waals surface area contributed by atoms with Crippen LogP contribution in [0.2, 0.25) is 0 Å². The fourth-order valence-corrected chi connectivity index (χ4v) is 2.37. The highest BCUT2D eigenvalue weighted by atomic mass is 16.3. The van der Waals surface area contributed by atoms with Gasteiger partial charge in [-0.25, -0.2) is 0 Å². The number of benzene rings is 1. The molecule has 2 amide bonds. The Hall–Kier alpha value is -1.88. The maximum Gasteiger partial charge on any atom is 0.224 e. The number of hydrogen-bond acceptors (Lipinski definition) is 3. The van der Waals surface area contributed by atoms with Crippen LogP contribution in [0, 0.1) is 5.41 Å². The second kappa shape index (κ2) is 6.72. The first-order chi connectivity index (χ1) is 10.0. The van der Waals surface area contributed by atoms with E-state index in [0.717, 1.165) is 30.5 Å². The Morgan fingerprint density at radius 3 is 2.43 bits per heavy atom. The number of nitrogens with one attached hydrogen (secondary N) is 2. The zero-order valence-corrected chi connectivity index (χ0v) is 12.3.